The van der Waals surface area contributed by atoms with Crippen molar-refractivity contribution in [3.63, 3.8) is 0 Å². The normalized spacial score (nSPS) is 19.5. The highest BCUT2D eigenvalue weighted by Gasteiger charge is 2.21. The number of nitrogens with zero attached hydrogens (tertiary/aromatic N) is 1. The van der Waals surface area contributed by atoms with Gasteiger partial charge in [-0.25, -0.2) is 4.39 Å². The summed E-state index contributed by atoms with van der Waals surface area (Å²) < 4.78 is 13.5. The smallest absolute Gasteiger partial charge is 0.123 e. The van der Waals surface area contributed by atoms with Crippen LogP contribution in [0.25, 0.3) is 5.57 Å². The third kappa shape index (κ3) is 2.38. The van der Waals surface area contributed by atoms with Crippen LogP contribution in [0.1, 0.15) is 42.9 Å². The van der Waals surface area contributed by atoms with E-state index in [-0.39, 0.29) is 5.82 Å². The minimum absolute atomic E-state index is 0.259. The predicted molar refractivity (Wildman–Crippen MR) is 74.4 cm³/mol. The van der Waals surface area contributed by atoms with E-state index in [2.05, 4.69) is 11.1 Å². The molecule has 1 aliphatic carbocycles. The Kier molecular flexibility index (Phi) is 3.30. The molecule has 1 unspecified atom stereocenters. The summed E-state index contributed by atoms with van der Waals surface area (Å²) in [5.41, 5.74) is 3.46. The second-order valence-corrected chi connectivity index (χ2v) is 4.97. The van der Waals surface area contributed by atoms with E-state index in [1.807, 2.05) is 6.08 Å². The maximum atomic E-state index is 13.5. The van der Waals surface area contributed by atoms with Gasteiger partial charge in [0.05, 0.1) is 5.71 Å². The highest BCUT2D eigenvalue weighted by atomic mass is 19.1. The van der Waals surface area contributed by atoms with Gasteiger partial charge in [0.25, 0.3) is 0 Å². The van der Waals surface area contributed by atoms with Crippen molar-refractivity contribution in [1.29, 1.82) is 0 Å². The van der Waals surface area contributed by atoms with Gasteiger partial charge < -0.3 is 5.11 Å². The Balaban J connectivity index is 2.00. The Hall–Kier alpha value is -1.74. The fraction of sp³-hybridized carbons (Fsp3) is 0.312. The van der Waals surface area contributed by atoms with Crippen molar-refractivity contribution in [1.82, 2.24) is 0 Å². The first-order valence-electron chi connectivity index (χ1n) is 6.64. The first-order valence-corrected chi connectivity index (χ1v) is 6.64. The maximum Gasteiger partial charge on any atom is 0.123 e. The van der Waals surface area contributed by atoms with Gasteiger partial charge in [-0.3, -0.25) is 4.99 Å². The van der Waals surface area contributed by atoms with Crippen molar-refractivity contribution in [3.05, 3.63) is 53.5 Å². The predicted octanol–water partition coefficient (Wildman–Crippen LogP) is 3.78. The number of aliphatic hydroxyl groups is 1. The summed E-state index contributed by atoms with van der Waals surface area (Å²) in [7, 11) is 0. The molecular weight excluding hydrogens is 241 g/mol. The summed E-state index contributed by atoms with van der Waals surface area (Å²) >= 11 is 0. The van der Waals surface area contributed by atoms with Gasteiger partial charge in [0, 0.05) is 12.6 Å². The molecule has 0 aromatic heterocycles. The highest BCUT2D eigenvalue weighted by Crippen LogP contribution is 2.34. The number of hydrogen-bond donors (Lipinski definition) is 1. The summed E-state index contributed by atoms with van der Waals surface area (Å²) in [4.78, 5) is 4.18. The van der Waals surface area contributed by atoms with E-state index >= 15 is 0 Å². The van der Waals surface area contributed by atoms with Crippen LogP contribution in [0.3, 0.4) is 0 Å². The number of rotatable bonds is 3. The molecule has 0 bridgehead atoms. The van der Waals surface area contributed by atoms with E-state index in [1.165, 1.54) is 12.1 Å². The summed E-state index contributed by atoms with van der Waals surface area (Å²) in [6.07, 6.45) is 8.76. The second-order valence-electron chi connectivity index (χ2n) is 4.97. The van der Waals surface area contributed by atoms with Gasteiger partial charge in [-0.2, -0.15) is 0 Å². The molecule has 98 valence electrons. The van der Waals surface area contributed by atoms with Crippen LogP contribution in [-0.4, -0.2) is 10.8 Å². The summed E-state index contributed by atoms with van der Waals surface area (Å²) in [5, 5.41) is 10.4. The number of aliphatic hydroxyl groups excluding tert-OH is 1. The SMILES string of the molecule is OC(C1=NC=CC1)c1ccc(F)cc1C1=CCCC1. The van der Waals surface area contributed by atoms with Crippen LogP contribution in [0.15, 0.2) is 41.5 Å². The lowest BCUT2D eigenvalue weighted by molar-refractivity contribution is 0.245. The van der Waals surface area contributed by atoms with Crippen molar-refractivity contribution >= 4 is 11.3 Å². The molecule has 1 atom stereocenters. The van der Waals surface area contributed by atoms with E-state index in [4.69, 9.17) is 0 Å². The zero-order valence-corrected chi connectivity index (χ0v) is 10.6. The molecule has 0 saturated heterocycles. The van der Waals surface area contributed by atoms with Gasteiger partial charge in [0.2, 0.25) is 0 Å². The Morgan fingerprint density at radius 3 is 2.89 bits per heavy atom. The number of halogens is 1. The molecule has 3 heteroatoms. The van der Waals surface area contributed by atoms with Gasteiger partial charge in [0.15, 0.2) is 0 Å². The average molecular weight is 257 g/mol. The number of benzene rings is 1. The second kappa shape index (κ2) is 5.10. The van der Waals surface area contributed by atoms with Gasteiger partial charge >= 0.3 is 0 Å². The van der Waals surface area contributed by atoms with Gasteiger partial charge in [-0.1, -0.05) is 18.2 Å². The Bertz CT molecular complexity index is 586. The number of allylic oxidation sites excluding steroid dienone is 3. The lowest BCUT2D eigenvalue weighted by atomic mass is 9.93. The Labute approximate surface area is 112 Å². The third-order valence-electron chi connectivity index (χ3n) is 3.69. The molecule has 3 rings (SSSR count). The van der Waals surface area contributed by atoms with E-state index in [0.717, 1.165) is 41.7 Å². The molecule has 1 N–H and O–H groups in total. The zero-order valence-electron chi connectivity index (χ0n) is 10.6. The van der Waals surface area contributed by atoms with E-state index in [9.17, 15) is 9.50 Å². The van der Waals surface area contributed by atoms with Crippen LogP contribution >= 0.6 is 0 Å². The van der Waals surface area contributed by atoms with Crippen molar-refractivity contribution in [2.45, 2.75) is 31.8 Å². The standard InChI is InChI=1S/C16H16FNO/c17-12-7-8-13(16(19)15-6-3-9-18-15)14(10-12)11-4-1-2-5-11/h3-4,7-10,16,19H,1-2,5-6H2. The summed E-state index contributed by atoms with van der Waals surface area (Å²) in [5.74, 6) is -0.259. The Morgan fingerprint density at radius 2 is 2.21 bits per heavy atom. The monoisotopic (exact) mass is 257 g/mol. The molecule has 2 aliphatic rings. The molecule has 0 fully saturated rings. The van der Waals surface area contributed by atoms with Crippen LogP contribution < -0.4 is 0 Å². The largest absolute Gasteiger partial charge is 0.382 e. The Morgan fingerprint density at radius 1 is 1.32 bits per heavy atom. The molecule has 0 saturated carbocycles. The lowest BCUT2D eigenvalue weighted by Crippen LogP contribution is -2.12. The van der Waals surface area contributed by atoms with Crippen molar-refractivity contribution in [2.24, 2.45) is 4.99 Å². The van der Waals surface area contributed by atoms with Gasteiger partial charge in [0.1, 0.15) is 11.9 Å². The molecule has 1 heterocycles. The fourth-order valence-electron chi connectivity index (χ4n) is 2.70. The first-order chi connectivity index (χ1) is 9.25. The van der Waals surface area contributed by atoms with Gasteiger partial charge in [-0.05, 0) is 48.1 Å². The number of aliphatic imine (C=N–C) groups is 1. The van der Waals surface area contributed by atoms with Crippen LogP contribution in [0, 0.1) is 5.82 Å². The van der Waals surface area contributed by atoms with Crippen molar-refractivity contribution in [2.75, 3.05) is 0 Å². The van der Waals surface area contributed by atoms with Crippen LogP contribution in [0.5, 0.6) is 0 Å². The summed E-state index contributed by atoms with van der Waals surface area (Å²) in [6, 6.07) is 4.61. The molecule has 0 amide bonds. The van der Waals surface area contributed by atoms with Crippen LogP contribution in [0.2, 0.25) is 0 Å². The average Bonchev–Trinajstić information content (AvgIpc) is 3.11. The minimum Gasteiger partial charge on any atom is -0.382 e. The molecule has 1 aliphatic heterocycles. The summed E-state index contributed by atoms with van der Waals surface area (Å²) in [6.45, 7) is 0. The lowest BCUT2D eigenvalue weighted by Gasteiger charge is -2.16. The molecule has 0 radical (unpaired) electrons. The molecule has 1 aromatic rings. The first kappa shape index (κ1) is 12.3. The van der Waals surface area contributed by atoms with Crippen LogP contribution in [0.4, 0.5) is 4.39 Å². The maximum absolute atomic E-state index is 13.5. The van der Waals surface area contributed by atoms with Crippen molar-refractivity contribution < 1.29 is 9.50 Å². The van der Waals surface area contributed by atoms with Gasteiger partial charge in [-0.15, -0.1) is 0 Å². The van der Waals surface area contributed by atoms with Crippen molar-refractivity contribution in [3.8, 4) is 0 Å². The fourth-order valence-corrected chi connectivity index (χ4v) is 2.70. The molecule has 0 spiro atoms. The van der Waals surface area contributed by atoms with E-state index in [1.54, 1.807) is 12.3 Å². The van der Waals surface area contributed by atoms with E-state index in [0.29, 0.717) is 6.42 Å². The molecule has 2 nitrogen and oxygen atoms in total. The molecular formula is C16H16FNO. The van der Waals surface area contributed by atoms with Crippen LogP contribution in [-0.2, 0) is 0 Å². The highest BCUT2D eigenvalue weighted by molar-refractivity contribution is 5.93. The zero-order chi connectivity index (χ0) is 13.2. The minimum atomic E-state index is -0.743. The molecule has 19 heavy (non-hydrogen) atoms. The third-order valence-corrected chi connectivity index (χ3v) is 3.69. The molecule has 1 aromatic carbocycles. The number of hydrogen-bond acceptors (Lipinski definition) is 2. The quantitative estimate of drug-likeness (QED) is 0.878. The van der Waals surface area contributed by atoms with E-state index < -0.39 is 6.10 Å². The topological polar surface area (TPSA) is 32.6 Å².